The minimum atomic E-state index is -1.29. The van der Waals surface area contributed by atoms with Crippen molar-refractivity contribution >= 4 is 23.3 Å². The van der Waals surface area contributed by atoms with Crippen LogP contribution in [0.25, 0.3) is 0 Å². The predicted octanol–water partition coefficient (Wildman–Crippen LogP) is 1.27. The fraction of sp³-hybridized carbons (Fsp3) is 0. The summed E-state index contributed by atoms with van der Waals surface area (Å²) in [6.07, 6.45) is -1.29. The van der Waals surface area contributed by atoms with E-state index in [1.807, 2.05) is 5.43 Å². The Kier molecular flexibility index (Phi) is 3.35. The topological polar surface area (TPSA) is 61.4 Å². The van der Waals surface area contributed by atoms with Crippen LogP contribution in [0.15, 0.2) is 24.3 Å². The molecule has 1 rings (SSSR count). The Morgan fingerprint density at radius 3 is 2.57 bits per heavy atom. The van der Waals surface area contributed by atoms with Crippen LogP contribution in [0, 0.1) is 5.82 Å². The Morgan fingerprint density at radius 2 is 2.00 bits per heavy atom. The average molecular weight is 214 g/mol. The summed E-state index contributed by atoms with van der Waals surface area (Å²) in [5.41, 5.74) is 4.16. The highest BCUT2D eigenvalue weighted by molar-refractivity contribution is 7.80. The first kappa shape index (κ1) is 10.4. The molecule has 0 saturated carbocycles. The van der Waals surface area contributed by atoms with Crippen LogP contribution in [0.5, 0.6) is 0 Å². The van der Waals surface area contributed by atoms with Crippen LogP contribution in [0.3, 0.4) is 0 Å². The Morgan fingerprint density at radius 1 is 1.36 bits per heavy atom. The van der Waals surface area contributed by atoms with Gasteiger partial charge in [-0.3, -0.25) is 5.43 Å². The quantitative estimate of drug-likeness (QED) is 0.486. The summed E-state index contributed by atoms with van der Waals surface area (Å²) in [5.74, 6) is -0.503. The van der Waals surface area contributed by atoms with Crippen LogP contribution in [-0.2, 0) is 0 Å². The van der Waals surface area contributed by atoms with Gasteiger partial charge in [0.15, 0.2) is 0 Å². The molecule has 0 radical (unpaired) electrons. The van der Waals surface area contributed by atoms with E-state index in [-0.39, 0.29) is 10.6 Å². The van der Waals surface area contributed by atoms with Crippen LogP contribution in [0.4, 0.5) is 9.18 Å². The van der Waals surface area contributed by atoms with Crippen molar-refractivity contribution in [1.29, 1.82) is 0 Å². The molecule has 0 spiro atoms. The summed E-state index contributed by atoms with van der Waals surface area (Å²) in [4.78, 5) is 10.1. The molecule has 14 heavy (non-hydrogen) atoms. The average Bonchev–Trinajstić information content (AvgIpc) is 2.15. The van der Waals surface area contributed by atoms with Gasteiger partial charge < -0.3 is 5.11 Å². The third kappa shape index (κ3) is 2.67. The second-order valence-electron chi connectivity index (χ2n) is 2.36. The maximum absolute atomic E-state index is 13.1. The predicted molar refractivity (Wildman–Crippen MR) is 52.4 cm³/mol. The molecule has 0 unspecified atom stereocenters. The maximum atomic E-state index is 13.1. The van der Waals surface area contributed by atoms with Crippen molar-refractivity contribution in [2.75, 3.05) is 0 Å². The third-order valence-corrected chi connectivity index (χ3v) is 1.72. The van der Waals surface area contributed by atoms with Gasteiger partial charge in [0.05, 0.1) is 0 Å². The maximum Gasteiger partial charge on any atom is 0.423 e. The van der Waals surface area contributed by atoms with E-state index in [1.165, 1.54) is 18.2 Å². The van der Waals surface area contributed by atoms with E-state index in [4.69, 9.17) is 17.3 Å². The normalized spacial score (nSPS) is 9.21. The second-order valence-corrected chi connectivity index (χ2v) is 2.77. The van der Waals surface area contributed by atoms with Crippen molar-refractivity contribution < 1.29 is 14.3 Å². The highest BCUT2D eigenvalue weighted by Crippen LogP contribution is 2.05. The minimum Gasteiger partial charge on any atom is -0.464 e. The number of nitrogens with one attached hydrogen (secondary N) is 2. The first-order valence-electron chi connectivity index (χ1n) is 3.65. The molecule has 0 aliphatic heterocycles. The lowest BCUT2D eigenvalue weighted by Gasteiger charge is -2.07. The Bertz CT molecular complexity index is 370. The Labute approximate surface area is 84.7 Å². The molecule has 1 amide bonds. The number of hydrogen-bond donors (Lipinski definition) is 3. The van der Waals surface area contributed by atoms with Gasteiger partial charge in [0.1, 0.15) is 10.8 Å². The number of carbonyl (C=O) groups is 1. The molecule has 1 aromatic carbocycles. The van der Waals surface area contributed by atoms with Gasteiger partial charge in [-0.05, 0) is 12.1 Å². The van der Waals surface area contributed by atoms with Gasteiger partial charge in [-0.1, -0.05) is 24.4 Å². The van der Waals surface area contributed by atoms with Crippen molar-refractivity contribution in [3.8, 4) is 0 Å². The molecule has 3 N–H and O–H groups in total. The number of hydrogen-bond acceptors (Lipinski definition) is 2. The molecule has 4 nitrogen and oxygen atoms in total. The van der Waals surface area contributed by atoms with E-state index >= 15 is 0 Å². The Hall–Kier alpha value is -1.69. The van der Waals surface area contributed by atoms with Gasteiger partial charge in [-0.2, -0.15) is 0 Å². The van der Waals surface area contributed by atoms with Crippen molar-refractivity contribution in [2.45, 2.75) is 0 Å². The molecule has 0 heterocycles. The molecular weight excluding hydrogens is 207 g/mol. The van der Waals surface area contributed by atoms with E-state index in [2.05, 4.69) is 5.43 Å². The zero-order valence-electron chi connectivity index (χ0n) is 6.95. The summed E-state index contributed by atoms with van der Waals surface area (Å²) in [6.45, 7) is 0. The molecule has 0 bridgehead atoms. The third-order valence-electron chi connectivity index (χ3n) is 1.40. The van der Waals surface area contributed by atoms with E-state index < -0.39 is 11.9 Å². The molecule has 0 saturated heterocycles. The fourth-order valence-corrected chi connectivity index (χ4v) is 1.04. The molecule has 1 aromatic rings. The van der Waals surface area contributed by atoms with E-state index in [9.17, 15) is 9.18 Å². The van der Waals surface area contributed by atoms with Gasteiger partial charge in [0, 0.05) is 5.56 Å². The van der Waals surface area contributed by atoms with Gasteiger partial charge >= 0.3 is 6.09 Å². The van der Waals surface area contributed by atoms with E-state index in [0.29, 0.717) is 0 Å². The number of thiocarbonyl (C=S) groups is 1. The summed E-state index contributed by atoms with van der Waals surface area (Å²) in [6, 6.07) is 5.82. The summed E-state index contributed by atoms with van der Waals surface area (Å²) in [7, 11) is 0. The molecule has 0 aliphatic carbocycles. The van der Waals surface area contributed by atoms with Crippen LogP contribution < -0.4 is 10.9 Å². The van der Waals surface area contributed by atoms with Crippen molar-refractivity contribution in [2.24, 2.45) is 0 Å². The molecular formula is C8H7FN2O2S. The first-order valence-corrected chi connectivity index (χ1v) is 4.06. The lowest BCUT2D eigenvalue weighted by atomic mass is 10.2. The van der Waals surface area contributed by atoms with Crippen LogP contribution in [0.1, 0.15) is 5.56 Å². The van der Waals surface area contributed by atoms with Crippen LogP contribution in [-0.4, -0.2) is 16.2 Å². The summed E-state index contributed by atoms with van der Waals surface area (Å²) in [5, 5.41) is 8.25. The SMILES string of the molecule is O=C(O)NNC(=S)c1ccccc1F. The van der Waals surface area contributed by atoms with Gasteiger partial charge in [-0.15, -0.1) is 0 Å². The second kappa shape index (κ2) is 4.52. The first-order chi connectivity index (χ1) is 6.61. The van der Waals surface area contributed by atoms with Crippen LogP contribution >= 0.6 is 12.2 Å². The molecule has 6 heteroatoms. The van der Waals surface area contributed by atoms with Gasteiger partial charge in [0.25, 0.3) is 0 Å². The van der Waals surface area contributed by atoms with E-state index in [1.54, 1.807) is 6.07 Å². The highest BCUT2D eigenvalue weighted by atomic mass is 32.1. The minimum absolute atomic E-state index is 0.00880. The monoisotopic (exact) mass is 214 g/mol. The van der Waals surface area contributed by atoms with Crippen molar-refractivity contribution in [3.05, 3.63) is 35.6 Å². The number of halogens is 1. The largest absolute Gasteiger partial charge is 0.464 e. The molecule has 0 aromatic heterocycles. The van der Waals surface area contributed by atoms with Gasteiger partial charge in [-0.25, -0.2) is 14.6 Å². The molecule has 0 atom stereocenters. The number of amides is 1. The fourth-order valence-electron chi connectivity index (χ4n) is 0.823. The zero-order valence-corrected chi connectivity index (χ0v) is 7.77. The zero-order chi connectivity index (χ0) is 10.6. The molecule has 0 fully saturated rings. The van der Waals surface area contributed by atoms with Crippen LogP contribution in [0.2, 0.25) is 0 Å². The smallest absolute Gasteiger partial charge is 0.423 e. The van der Waals surface area contributed by atoms with Crippen molar-refractivity contribution in [1.82, 2.24) is 10.9 Å². The molecule has 0 aliphatic rings. The highest BCUT2D eigenvalue weighted by Gasteiger charge is 2.06. The molecule has 74 valence electrons. The van der Waals surface area contributed by atoms with Gasteiger partial charge in [0.2, 0.25) is 0 Å². The lowest BCUT2D eigenvalue weighted by Crippen LogP contribution is -2.40. The summed E-state index contributed by atoms with van der Waals surface area (Å²) < 4.78 is 13.1. The standard InChI is InChI=1S/C8H7FN2O2S/c9-6-4-2-1-3-5(6)7(14)10-11-8(12)13/h1-4,11H,(H,10,14)(H,12,13). The number of hydrazine groups is 1. The number of benzene rings is 1. The number of carboxylic acid groups (broad SMARTS) is 1. The van der Waals surface area contributed by atoms with E-state index in [0.717, 1.165) is 0 Å². The summed E-state index contributed by atoms with van der Waals surface area (Å²) >= 11 is 4.75. The van der Waals surface area contributed by atoms with Crippen molar-refractivity contribution in [3.63, 3.8) is 0 Å². The Balaban J connectivity index is 2.70. The number of rotatable bonds is 1. The lowest BCUT2D eigenvalue weighted by molar-refractivity contribution is 0.192.